The minimum absolute atomic E-state index is 0.389. The van der Waals surface area contributed by atoms with Crippen molar-refractivity contribution in [2.24, 2.45) is 5.73 Å². The predicted molar refractivity (Wildman–Crippen MR) is 72.1 cm³/mol. The van der Waals surface area contributed by atoms with Gasteiger partial charge < -0.3 is 5.73 Å². The molecule has 0 aliphatic rings. The second-order valence-corrected chi connectivity index (χ2v) is 4.26. The van der Waals surface area contributed by atoms with Gasteiger partial charge in [-0.15, -0.1) is 0 Å². The Hall–Kier alpha value is -2.69. The first-order valence-electron chi connectivity index (χ1n) is 5.87. The van der Waals surface area contributed by atoms with Gasteiger partial charge >= 0.3 is 0 Å². The van der Waals surface area contributed by atoms with Crippen molar-refractivity contribution in [2.45, 2.75) is 6.92 Å². The third-order valence-corrected chi connectivity index (χ3v) is 3.02. The summed E-state index contributed by atoms with van der Waals surface area (Å²) in [6, 6.07) is 9.37. The molecule has 0 aliphatic carbocycles. The van der Waals surface area contributed by atoms with Crippen molar-refractivity contribution >= 4 is 16.8 Å². The molecular formula is C14H12N4O. The molecule has 3 aromatic rings. The standard InChI is InChI=1S/C14H12N4O/c1-9-16-6-7-18(9)14-11(13(15)19)8-10-4-2-3-5-12(10)17-14/h2-8H,1H3,(H2,15,19). The van der Waals surface area contributed by atoms with E-state index in [9.17, 15) is 4.79 Å². The summed E-state index contributed by atoms with van der Waals surface area (Å²) >= 11 is 0. The highest BCUT2D eigenvalue weighted by Crippen LogP contribution is 2.20. The lowest BCUT2D eigenvalue weighted by Crippen LogP contribution is -2.16. The van der Waals surface area contributed by atoms with Gasteiger partial charge in [-0.3, -0.25) is 9.36 Å². The highest BCUT2D eigenvalue weighted by molar-refractivity contribution is 5.99. The van der Waals surface area contributed by atoms with E-state index in [2.05, 4.69) is 9.97 Å². The molecule has 2 heterocycles. The van der Waals surface area contributed by atoms with Crippen molar-refractivity contribution in [3.8, 4) is 5.82 Å². The smallest absolute Gasteiger partial charge is 0.252 e. The number of aromatic nitrogens is 3. The minimum Gasteiger partial charge on any atom is -0.365 e. The number of hydrogen-bond donors (Lipinski definition) is 1. The Kier molecular flexibility index (Phi) is 2.52. The number of benzene rings is 1. The van der Waals surface area contributed by atoms with Crippen LogP contribution in [0.25, 0.3) is 16.7 Å². The van der Waals surface area contributed by atoms with Crippen LogP contribution in [-0.2, 0) is 0 Å². The van der Waals surface area contributed by atoms with E-state index in [0.29, 0.717) is 11.4 Å². The summed E-state index contributed by atoms with van der Waals surface area (Å²) in [5.74, 6) is 0.771. The van der Waals surface area contributed by atoms with Crippen LogP contribution < -0.4 is 5.73 Å². The molecule has 0 atom stereocenters. The van der Waals surface area contributed by atoms with Crippen molar-refractivity contribution in [1.82, 2.24) is 14.5 Å². The molecule has 5 heteroatoms. The number of rotatable bonds is 2. The number of carbonyl (C=O) groups is 1. The molecule has 94 valence electrons. The Balaban J connectivity index is 2.36. The quantitative estimate of drug-likeness (QED) is 0.756. The van der Waals surface area contributed by atoms with E-state index in [0.717, 1.165) is 16.7 Å². The van der Waals surface area contributed by atoms with Crippen molar-refractivity contribution in [3.05, 3.63) is 54.1 Å². The van der Waals surface area contributed by atoms with Crippen LogP contribution in [0.2, 0.25) is 0 Å². The molecule has 0 saturated heterocycles. The first-order chi connectivity index (χ1) is 9.16. The number of fused-ring (bicyclic) bond motifs is 1. The van der Waals surface area contributed by atoms with Crippen molar-refractivity contribution < 1.29 is 4.79 Å². The SMILES string of the molecule is Cc1nccn1-c1nc2ccccc2cc1C(N)=O. The highest BCUT2D eigenvalue weighted by atomic mass is 16.1. The summed E-state index contributed by atoms with van der Waals surface area (Å²) < 4.78 is 1.76. The Morgan fingerprint density at radius 3 is 2.79 bits per heavy atom. The second-order valence-electron chi connectivity index (χ2n) is 4.26. The van der Waals surface area contributed by atoms with Crippen LogP contribution in [0, 0.1) is 6.92 Å². The summed E-state index contributed by atoms with van der Waals surface area (Å²) in [5.41, 5.74) is 6.65. The van der Waals surface area contributed by atoms with Crippen LogP contribution >= 0.6 is 0 Å². The molecule has 1 amide bonds. The van der Waals surface area contributed by atoms with Gasteiger partial charge in [0.25, 0.3) is 5.91 Å². The van der Waals surface area contributed by atoms with Crippen LogP contribution in [0.5, 0.6) is 0 Å². The molecule has 1 aromatic carbocycles. The lowest BCUT2D eigenvalue weighted by molar-refractivity contribution is 0.1000. The first kappa shape index (κ1) is 11.4. The number of nitrogens with zero attached hydrogens (tertiary/aromatic N) is 3. The molecule has 0 spiro atoms. The fourth-order valence-corrected chi connectivity index (χ4v) is 2.07. The van der Waals surface area contributed by atoms with Gasteiger partial charge in [-0.25, -0.2) is 9.97 Å². The number of para-hydroxylation sites is 1. The van der Waals surface area contributed by atoms with E-state index in [1.54, 1.807) is 23.0 Å². The summed E-state index contributed by atoms with van der Waals surface area (Å²) in [7, 11) is 0. The number of pyridine rings is 1. The Bertz CT molecular complexity index is 776. The molecule has 19 heavy (non-hydrogen) atoms. The largest absolute Gasteiger partial charge is 0.365 e. The predicted octanol–water partition coefficient (Wildman–Crippen LogP) is 1.83. The highest BCUT2D eigenvalue weighted by Gasteiger charge is 2.14. The van der Waals surface area contributed by atoms with E-state index in [4.69, 9.17) is 5.73 Å². The maximum absolute atomic E-state index is 11.6. The third-order valence-electron chi connectivity index (χ3n) is 3.02. The molecule has 2 aromatic heterocycles. The number of carbonyl (C=O) groups excluding carboxylic acids is 1. The summed E-state index contributed by atoms with van der Waals surface area (Å²) in [4.78, 5) is 20.3. The Morgan fingerprint density at radius 1 is 1.32 bits per heavy atom. The lowest BCUT2D eigenvalue weighted by Gasteiger charge is -2.10. The topological polar surface area (TPSA) is 73.8 Å². The van der Waals surface area contributed by atoms with Crippen LogP contribution in [0.4, 0.5) is 0 Å². The molecule has 0 bridgehead atoms. The number of imidazole rings is 1. The number of amides is 1. The van der Waals surface area contributed by atoms with Gasteiger partial charge in [0.1, 0.15) is 5.82 Å². The van der Waals surface area contributed by atoms with Gasteiger partial charge in [0.15, 0.2) is 5.82 Å². The van der Waals surface area contributed by atoms with Crippen LogP contribution in [-0.4, -0.2) is 20.4 Å². The summed E-state index contributed by atoms with van der Waals surface area (Å²) in [6.45, 7) is 1.85. The number of hydrogen-bond acceptors (Lipinski definition) is 3. The molecular weight excluding hydrogens is 240 g/mol. The summed E-state index contributed by atoms with van der Waals surface area (Å²) in [5, 5.41) is 0.887. The fourth-order valence-electron chi connectivity index (χ4n) is 2.07. The van der Waals surface area contributed by atoms with Crippen molar-refractivity contribution in [2.75, 3.05) is 0 Å². The maximum Gasteiger partial charge on any atom is 0.252 e. The van der Waals surface area contributed by atoms with Gasteiger partial charge in [-0.2, -0.15) is 0 Å². The van der Waals surface area contributed by atoms with Crippen LogP contribution in [0.3, 0.4) is 0 Å². The van der Waals surface area contributed by atoms with E-state index in [1.807, 2.05) is 31.2 Å². The number of primary amides is 1. The van der Waals surface area contributed by atoms with E-state index in [-0.39, 0.29) is 0 Å². The zero-order valence-corrected chi connectivity index (χ0v) is 10.4. The van der Waals surface area contributed by atoms with Gasteiger partial charge in [0, 0.05) is 17.8 Å². The molecule has 0 saturated carbocycles. The zero-order valence-electron chi connectivity index (χ0n) is 10.4. The molecule has 0 radical (unpaired) electrons. The average Bonchev–Trinajstić information content (AvgIpc) is 2.83. The van der Waals surface area contributed by atoms with E-state index < -0.39 is 5.91 Å². The van der Waals surface area contributed by atoms with Crippen molar-refractivity contribution in [3.63, 3.8) is 0 Å². The van der Waals surface area contributed by atoms with Gasteiger partial charge in [-0.1, -0.05) is 18.2 Å². The van der Waals surface area contributed by atoms with Gasteiger partial charge in [0.2, 0.25) is 0 Å². The van der Waals surface area contributed by atoms with Crippen molar-refractivity contribution in [1.29, 1.82) is 0 Å². The van der Waals surface area contributed by atoms with Gasteiger partial charge in [-0.05, 0) is 19.1 Å². The average molecular weight is 252 g/mol. The van der Waals surface area contributed by atoms with Gasteiger partial charge in [0.05, 0.1) is 11.1 Å². The van der Waals surface area contributed by atoms with E-state index >= 15 is 0 Å². The number of nitrogens with two attached hydrogens (primary N) is 1. The van der Waals surface area contributed by atoms with Crippen LogP contribution in [0.15, 0.2) is 42.7 Å². The zero-order chi connectivity index (χ0) is 13.4. The molecule has 5 nitrogen and oxygen atoms in total. The maximum atomic E-state index is 11.6. The fraction of sp³-hybridized carbons (Fsp3) is 0.0714. The monoisotopic (exact) mass is 252 g/mol. The first-order valence-corrected chi connectivity index (χ1v) is 5.87. The Morgan fingerprint density at radius 2 is 2.11 bits per heavy atom. The number of aryl methyl sites for hydroxylation is 1. The normalized spacial score (nSPS) is 10.8. The molecule has 0 aliphatic heterocycles. The minimum atomic E-state index is -0.499. The molecule has 0 unspecified atom stereocenters. The molecule has 2 N–H and O–H groups in total. The summed E-state index contributed by atoms with van der Waals surface area (Å²) in [6.07, 6.45) is 3.43. The third kappa shape index (κ3) is 1.85. The molecule has 0 fully saturated rings. The van der Waals surface area contributed by atoms with E-state index in [1.165, 1.54) is 0 Å². The Labute approximate surface area is 109 Å². The van der Waals surface area contributed by atoms with Crippen LogP contribution in [0.1, 0.15) is 16.2 Å². The lowest BCUT2D eigenvalue weighted by atomic mass is 10.1. The molecule has 3 rings (SSSR count). The second kappa shape index (κ2) is 4.20.